The quantitative estimate of drug-likeness (QED) is 0.156. The Bertz CT molecular complexity index is 2930. The summed E-state index contributed by atoms with van der Waals surface area (Å²) >= 11 is 0. The van der Waals surface area contributed by atoms with Gasteiger partial charge in [0.05, 0.1) is 0 Å². The van der Waals surface area contributed by atoms with Crippen molar-refractivity contribution >= 4 is 38.8 Å². The molecule has 0 amide bonds. The Morgan fingerprint density at radius 1 is 0.286 bits per heavy atom. The number of rotatable bonds is 8. The predicted molar refractivity (Wildman–Crippen MR) is 236 cm³/mol. The topological polar surface area (TPSA) is 16.4 Å². The van der Waals surface area contributed by atoms with Crippen molar-refractivity contribution in [3.63, 3.8) is 0 Å². The van der Waals surface area contributed by atoms with E-state index in [4.69, 9.17) is 4.42 Å². The Labute approximate surface area is 327 Å². The molecular weight excluding hydrogens is 679 g/mol. The van der Waals surface area contributed by atoms with Gasteiger partial charge in [0.25, 0.3) is 0 Å². The average molecular weight is 716 g/mol. The van der Waals surface area contributed by atoms with Crippen LogP contribution in [0.1, 0.15) is 0 Å². The lowest BCUT2D eigenvalue weighted by Crippen LogP contribution is -2.09. The fourth-order valence-electron chi connectivity index (χ4n) is 7.83. The molecule has 0 unspecified atom stereocenters. The Morgan fingerprint density at radius 3 is 1.41 bits per heavy atom. The van der Waals surface area contributed by atoms with Gasteiger partial charge in [-0.15, -0.1) is 0 Å². The number of anilines is 3. The molecule has 1 aromatic heterocycles. The molecule has 0 aliphatic heterocycles. The standard InChI is InChI=1S/C54H37NO/c1-3-12-38(13-4-1)40-22-24-41(25-23-40)42-26-31-48(32-27-42)55(50-35-30-39-14-7-8-17-46(39)37-50)49-33-28-43(29-34-49)45-18-11-19-47(36-45)54-53(44-15-5-2-6-16-44)51-20-9-10-21-52(51)56-54/h1-37H. The smallest absolute Gasteiger partial charge is 0.143 e. The van der Waals surface area contributed by atoms with Crippen molar-refractivity contribution in [1.29, 1.82) is 0 Å². The molecule has 2 nitrogen and oxygen atoms in total. The van der Waals surface area contributed by atoms with E-state index >= 15 is 0 Å². The minimum absolute atomic E-state index is 0.883. The van der Waals surface area contributed by atoms with Crippen LogP contribution in [-0.4, -0.2) is 0 Å². The van der Waals surface area contributed by atoms with Crippen LogP contribution in [0.3, 0.4) is 0 Å². The number of benzene rings is 9. The normalized spacial score (nSPS) is 11.2. The predicted octanol–water partition coefficient (Wildman–Crippen LogP) is 15.4. The first-order chi connectivity index (χ1) is 27.7. The van der Waals surface area contributed by atoms with Gasteiger partial charge < -0.3 is 9.32 Å². The second-order valence-electron chi connectivity index (χ2n) is 14.2. The summed E-state index contributed by atoms with van der Waals surface area (Å²) in [7, 11) is 0. The first-order valence-electron chi connectivity index (χ1n) is 19.1. The Kier molecular flexibility index (Phi) is 8.55. The minimum Gasteiger partial charge on any atom is -0.455 e. The first-order valence-corrected chi connectivity index (χ1v) is 19.1. The SMILES string of the molecule is c1ccc(-c2ccc(-c3ccc(N(c4ccc(-c5cccc(-c6oc7ccccc7c6-c6ccccc6)c5)cc4)c4ccc5ccccc5c4)cc3)cc2)cc1. The number of fused-ring (bicyclic) bond motifs is 2. The lowest BCUT2D eigenvalue weighted by Gasteiger charge is -2.26. The summed E-state index contributed by atoms with van der Waals surface area (Å²) in [5.41, 5.74) is 14.6. The van der Waals surface area contributed by atoms with Gasteiger partial charge in [0.1, 0.15) is 11.3 Å². The maximum absolute atomic E-state index is 6.56. The van der Waals surface area contributed by atoms with Crippen LogP contribution < -0.4 is 4.90 Å². The van der Waals surface area contributed by atoms with E-state index in [-0.39, 0.29) is 0 Å². The van der Waals surface area contributed by atoms with E-state index in [0.29, 0.717) is 0 Å². The van der Waals surface area contributed by atoms with E-state index in [1.54, 1.807) is 0 Å². The fourth-order valence-corrected chi connectivity index (χ4v) is 7.83. The van der Waals surface area contributed by atoms with Crippen molar-refractivity contribution in [3.05, 3.63) is 224 Å². The molecule has 0 saturated carbocycles. The van der Waals surface area contributed by atoms with Crippen LogP contribution in [0.5, 0.6) is 0 Å². The molecule has 2 heteroatoms. The van der Waals surface area contributed by atoms with E-state index in [1.165, 1.54) is 33.0 Å². The molecular formula is C54H37NO. The van der Waals surface area contributed by atoms with Crippen LogP contribution in [-0.2, 0) is 0 Å². The van der Waals surface area contributed by atoms with E-state index in [0.717, 1.165) is 61.6 Å². The molecule has 0 N–H and O–H groups in total. The summed E-state index contributed by atoms with van der Waals surface area (Å²) < 4.78 is 6.56. The van der Waals surface area contributed by atoms with Gasteiger partial charge in [-0.1, -0.05) is 176 Å². The molecule has 0 fully saturated rings. The minimum atomic E-state index is 0.883. The molecule has 10 aromatic rings. The van der Waals surface area contributed by atoms with Gasteiger partial charge in [-0.25, -0.2) is 0 Å². The number of hydrogen-bond acceptors (Lipinski definition) is 2. The van der Waals surface area contributed by atoms with Gasteiger partial charge in [0.2, 0.25) is 0 Å². The zero-order valence-electron chi connectivity index (χ0n) is 30.7. The second kappa shape index (κ2) is 14.4. The van der Waals surface area contributed by atoms with Crippen LogP contribution in [0.4, 0.5) is 17.1 Å². The van der Waals surface area contributed by atoms with Crippen molar-refractivity contribution in [2.24, 2.45) is 0 Å². The lowest BCUT2D eigenvalue weighted by molar-refractivity contribution is 0.632. The van der Waals surface area contributed by atoms with E-state index in [9.17, 15) is 0 Å². The monoisotopic (exact) mass is 715 g/mol. The zero-order chi connectivity index (χ0) is 37.3. The highest BCUT2D eigenvalue weighted by atomic mass is 16.3. The fraction of sp³-hybridized carbons (Fsp3) is 0. The molecule has 0 bridgehead atoms. The third kappa shape index (κ3) is 6.34. The number of nitrogens with zero attached hydrogens (tertiary/aromatic N) is 1. The van der Waals surface area contributed by atoms with Crippen LogP contribution in [0.15, 0.2) is 229 Å². The van der Waals surface area contributed by atoms with Gasteiger partial charge in [0, 0.05) is 33.6 Å². The molecule has 1 heterocycles. The Hall–Kier alpha value is -7.42. The highest BCUT2D eigenvalue weighted by Crippen LogP contribution is 2.42. The molecule has 264 valence electrons. The lowest BCUT2D eigenvalue weighted by atomic mass is 9.96. The largest absolute Gasteiger partial charge is 0.455 e. The third-order valence-electron chi connectivity index (χ3n) is 10.7. The summed E-state index contributed by atoms with van der Waals surface area (Å²) in [6.45, 7) is 0. The van der Waals surface area contributed by atoms with Crippen molar-refractivity contribution < 1.29 is 4.42 Å². The van der Waals surface area contributed by atoms with Crippen LogP contribution in [0, 0.1) is 0 Å². The first kappa shape index (κ1) is 33.2. The molecule has 0 spiro atoms. The number of hydrogen-bond donors (Lipinski definition) is 0. The molecule has 56 heavy (non-hydrogen) atoms. The van der Waals surface area contributed by atoms with E-state index in [1.807, 2.05) is 12.1 Å². The second-order valence-corrected chi connectivity index (χ2v) is 14.2. The summed E-state index contributed by atoms with van der Waals surface area (Å²) in [6.07, 6.45) is 0. The van der Waals surface area contributed by atoms with E-state index < -0.39 is 0 Å². The van der Waals surface area contributed by atoms with Crippen molar-refractivity contribution in [2.45, 2.75) is 0 Å². The molecule has 10 rings (SSSR count). The van der Waals surface area contributed by atoms with Gasteiger partial charge >= 0.3 is 0 Å². The molecule has 0 aliphatic carbocycles. The summed E-state index contributed by atoms with van der Waals surface area (Å²) in [5, 5.41) is 3.55. The third-order valence-corrected chi connectivity index (χ3v) is 10.7. The van der Waals surface area contributed by atoms with Crippen molar-refractivity contribution in [2.75, 3.05) is 4.90 Å². The molecule has 0 saturated heterocycles. The molecule has 9 aromatic carbocycles. The Balaban J connectivity index is 0.998. The van der Waals surface area contributed by atoms with Gasteiger partial charge in [-0.05, 0) is 98.2 Å². The molecule has 0 radical (unpaired) electrons. The van der Waals surface area contributed by atoms with Gasteiger partial charge in [-0.3, -0.25) is 0 Å². The van der Waals surface area contributed by atoms with Gasteiger partial charge in [-0.2, -0.15) is 0 Å². The summed E-state index contributed by atoms with van der Waals surface area (Å²) in [5.74, 6) is 0.883. The average Bonchev–Trinajstić information content (AvgIpc) is 3.68. The maximum atomic E-state index is 6.56. The highest BCUT2D eigenvalue weighted by molar-refractivity contribution is 6.02. The summed E-state index contributed by atoms with van der Waals surface area (Å²) in [4.78, 5) is 2.34. The number of furan rings is 1. The molecule has 0 atom stereocenters. The maximum Gasteiger partial charge on any atom is 0.143 e. The summed E-state index contributed by atoms with van der Waals surface area (Å²) in [6, 6.07) is 79.9. The van der Waals surface area contributed by atoms with E-state index in [2.05, 4.69) is 217 Å². The van der Waals surface area contributed by atoms with Crippen LogP contribution in [0.25, 0.3) is 77.6 Å². The van der Waals surface area contributed by atoms with Crippen molar-refractivity contribution in [1.82, 2.24) is 0 Å². The molecule has 0 aliphatic rings. The van der Waals surface area contributed by atoms with Crippen molar-refractivity contribution in [3.8, 4) is 55.8 Å². The van der Waals surface area contributed by atoms with Crippen LogP contribution >= 0.6 is 0 Å². The number of para-hydroxylation sites is 1. The van der Waals surface area contributed by atoms with Crippen LogP contribution in [0.2, 0.25) is 0 Å². The van der Waals surface area contributed by atoms with Gasteiger partial charge in [0.15, 0.2) is 0 Å². The Morgan fingerprint density at radius 2 is 0.750 bits per heavy atom. The highest BCUT2D eigenvalue weighted by Gasteiger charge is 2.19. The zero-order valence-corrected chi connectivity index (χ0v) is 30.7.